The smallest absolute Gasteiger partial charge is 0.118 e. The molecule has 0 saturated heterocycles. The second-order valence-corrected chi connectivity index (χ2v) is 8.39. The van der Waals surface area contributed by atoms with Crippen LogP contribution in [0.3, 0.4) is 0 Å². The molecule has 0 amide bonds. The Morgan fingerprint density at radius 3 is 1.00 bits per heavy atom. The van der Waals surface area contributed by atoms with Gasteiger partial charge in [0.25, 0.3) is 0 Å². The van der Waals surface area contributed by atoms with Crippen molar-refractivity contribution >= 4 is 92.8 Å². The Morgan fingerprint density at radius 2 is 0.857 bits per heavy atom. The lowest BCUT2D eigenvalue weighted by atomic mass is 10.2. The van der Waals surface area contributed by atoms with Crippen molar-refractivity contribution in [3.8, 4) is 0 Å². The van der Waals surface area contributed by atoms with E-state index in [0.717, 1.165) is 0 Å². The van der Waals surface area contributed by atoms with Crippen molar-refractivity contribution in [1.29, 1.82) is 0 Å². The molecule has 0 rings (SSSR count). The molecule has 0 spiro atoms. The number of hydrogen-bond donors (Lipinski definition) is 0. The Labute approximate surface area is 123 Å². The average Bonchev–Trinajstić information content (AvgIpc) is 1.95. The Kier molecular flexibility index (Phi) is 7.35. The second kappa shape index (κ2) is 6.31. The molecule has 0 N–H and O–H groups in total. The third kappa shape index (κ3) is 6.81. The van der Waals surface area contributed by atoms with Crippen LogP contribution >= 0.6 is 92.8 Å². The lowest BCUT2D eigenvalue weighted by molar-refractivity contribution is 0.669. The van der Waals surface area contributed by atoms with Crippen molar-refractivity contribution in [2.24, 2.45) is 0 Å². The summed E-state index contributed by atoms with van der Waals surface area (Å²) in [5, 5.41) is -1.33. The second-order valence-electron chi connectivity index (χ2n) is 2.60. The van der Waals surface area contributed by atoms with Crippen LogP contribution in [0.1, 0.15) is 12.8 Å². The van der Waals surface area contributed by atoms with Gasteiger partial charge in [0.2, 0.25) is 7.59 Å². The normalized spacial score (nSPS) is 18.0. The first kappa shape index (κ1) is 16.3. The third-order valence-corrected chi connectivity index (χ3v) is 4.73. The van der Waals surface area contributed by atoms with Gasteiger partial charge >= 0.3 is 0 Å². The highest BCUT2D eigenvalue weighted by molar-refractivity contribution is 6.70. The first-order valence-corrected chi connectivity index (χ1v) is 6.60. The number of rotatable bonds is 3. The van der Waals surface area contributed by atoms with E-state index in [1.165, 1.54) is 0 Å². The molecule has 2 unspecified atom stereocenters. The van der Waals surface area contributed by atoms with Crippen molar-refractivity contribution in [3.63, 3.8) is 0 Å². The van der Waals surface area contributed by atoms with Crippen molar-refractivity contribution in [2.45, 2.75) is 31.2 Å². The van der Waals surface area contributed by atoms with E-state index in [-0.39, 0.29) is 0 Å². The van der Waals surface area contributed by atoms with Gasteiger partial charge in [0.1, 0.15) is 0 Å². The van der Waals surface area contributed by atoms with Gasteiger partial charge in [-0.2, -0.15) is 0 Å². The van der Waals surface area contributed by atoms with E-state index >= 15 is 0 Å². The van der Waals surface area contributed by atoms with Crippen molar-refractivity contribution in [3.05, 3.63) is 0 Å². The predicted octanol–water partition coefficient (Wildman–Crippen LogP) is 5.72. The van der Waals surface area contributed by atoms with Crippen LogP contribution in [0.5, 0.6) is 0 Å². The van der Waals surface area contributed by atoms with Gasteiger partial charge in [-0.15, -0.1) is 23.2 Å². The molecule has 14 heavy (non-hydrogen) atoms. The summed E-state index contributed by atoms with van der Waals surface area (Å²) in [5.74, 6) is 0. The van der Waals surface area contributed by atoms with Gasteiger partial charge in [-0.1, -0.05) is 69.6 Å². The minimum absolute atomic E-state index is 0.347. The van der Waals surface area contributed by atoms with Crippen LogP contribution in [0.2, 0.25) is 0 Å². The maximum absolute atomic E-state index is 5.77. The van der Waals surface area contributed by atoms with E-state index in [4.69, 9.17) is 92.8 Å². The van der Waals surface area contributed by atoms with Crippen molar-refractivity contribution < 1.29 is 0 Å². The quantitative estimate of drug-likeness (QED) is 0.564. The van der Waals surface area contributed by atoms with Gasteiger partial charge in [-0.25, -0.2) is 0 Å². The van der Waals surface area contributed by atoms with Crippen LogP contribution < -0.4 is 0 Å². The van der Waals surface area contributed by atoms with E-state index in [1.807, 2.05) is 0 Å². The van der Waals surface area contributed by atoms with E-state index < -0.39 is 18.3 Å². The zero-order valence-electron chi connectivity index (χ0n) is 6.59. The van der Waals surface area contributed by atoms with Gasteiger partial charge in [0.15, 0.2) is 0 Å². The predicted molar refractivity (Wildman–Crippen MR) is 69.1 cm³/mol. The summed E-state index contributed by atoms with van der Waals surface area (Å²) in [5.41, 5.74) is 0. The average molecular weight is 362 g/mol. The van der Waals surface area contributed by atoms with Crippen LogP contribution in [0.4, 0.5) is 0 Å². The molecule has 0 aliphatic heterocycles. The molecule has 0 aliphatic rings. The Balaban J connectivity index is 3.96. The Morgan fingerprint density at radius 1 is 0.643 bits per heavy atom. The van der Waals surface area contributed by atoms with E-state index in [2.05, 4.69) is 0 Å². The van der Waals surface area contributed by atoms with Gasteiger partial charge in [0, 0.05) is 0 Å². The number of hydrogen-bond acceptors (Lipinski definition) is 0. The molecular weight excluding hydrogens is 356 g/mol. The van der Waals surface area contributed by atoms with Crippen molar-refractivity contribution in [2.75, 3.05) is 0 Å². The van der Waals surface area contributed by atoms with E-state index in [9.17, 15) is 0 Å². The molecule has 8 heteroatoms. The van der Waals surface area contributed by atoms with Crippen LogP contribution in [-0.4, -0.2) is 18.3 Å². The SMILES string of the molecule is ClC(CCC(Cl)C(Cl)(Cl)Cl)C(Cl)(Cl)Cl. The summed E-state index contributed by atoms with van der Waals surface area (Å²) in [6.45, 7) is 0. The van der Waals surface area contributed by atoms with E-state index in [1.54, 1.807) is 0 Å². The van der Waals surface area contributed by atoms with Gasteiger partial charge < -0.3 is 0 Å². The highest BCUT2D eigenvalue weighted by Crippen LogP contribution is 2.40. The molecule has 0 heterocycles. The summed E-state index contributed by atoms with van der Waals surface area (Å²) in [6.07, 6.45) is 0.695. The zero-order valence-corrected chi connectivity index (χ0v) is 12.6. The molecule has 2 atom stereocenters. The minimum Gasteiger partial charge on any atom is -0.118 e. The summed E-state index contributed by atoms with van der Waals surface area (Å²) in [6, 6.07) is 0. The van der Waals surface area contributed by atoms with Crippen LogP contribution in [-0.2, 0) is 0 Å². The first-order valence-electron chi connectivity index (χ1n) is 3.46. The molecule has 0 aliphatic carbocycles. The monoisotopic (exact) mass is 358 g/mol. The third-order valence-electron chi connectivity index (χ3n) is 1.38. The topological polar surface area (TPSA) is 0 Å². The molecule has 0 aromatic heterocycles. The molecule has 0 radical (unpaired) electrons. The summed E-state index contributed by atoms with van der Waals surface area (Å²) >= 11 is 44.8. The Bertz CT molecular complexity index is 148. The highest BCUT2D eigenvalue weighted by atomic mass is 35.6. The largest absolute Gasteiger partial charge is 0.206 e. The first-order chi connectivity index (χ1) is 6.05. The molecule has 0 saturated carbocycles. The standard InChI is InChI=1S/C6H6Cl8/c7-3(5(9,10)11)1-2-4(8)6(12,13)14/h3-4H,1-2H2. The molecular formula is C6H6Cl8. The lowest BCUT2D eigenvalue weighted by Crippen LogP contribution is -2.24. The van der Waals surface area contributed by atoms with Crippen LogP contribution in [0.15, 0.2) is 0 Å². The molecule has 0 aromatic rings. The molecule has 0 bridgehead atoms. The maximum atomic E-state index is 5.77. The van der Waals surface area contributed by atoms with Crippen LogP contribution in [0, 0.1) is 0 Å². The highest BCUT2D eigenvalue weighted by Gasteiger charge is 2.35. The van der Waals surface area contributed by atoms with Crippen molar-refractivity contribution in [1.82, 2.24) is 0 Å². The fraction of sp³-hybridized carbons (Fsp3) is 1.00. The molecule has 0 nitrogen and oxygen atoms in total. The van der Waals surface area contributed by atoms with Gasteiger partial charge in [-0.05, 0) is 12.8 Å². The summed E-state index contributed by atoms with van der Waals surface area (Å²) < 4.78 is -3.07. The van der Waals surface area contributed by atoms with Gasteiger partial charge in [0.05, 0.1) is 10.8 Å². The molecule has 86 valence electrons. The summed E-state index contributed by atoms with van der Waals surface area (Å²) in [4.78, 5) is 0. The molecule has 0 aromatic carbocycles. The van der Waals surface area contributed by atoms with Gasteiger partial charge in [-0.3, -0.25) is 0 Å². The molecule has 0 fully saturated rings. The minimum atomic E-state index is -1.54. The number of alkyl halides is 8. The number of halogens is 8. The Hall–Kier alpha value is 2.32. The zero-order chi connectivity index (χ0) is 11.6. The maximum Gasteiger partial charge on any atom is 0.206 e. The fourth-order valence-electron chi connectivity index (χ4n) is 0.620. The summed E-state index contributed by atoms with van der Waals surface area (Å²) in [7, 11) is 0. The van der Waals surface area contributed by atoms with Crippen LogP contribution in [0.25, 0.3) is 0 Å². The van der Waals surface area contributed by atoms with E-state index in [0.29, 0.717) is 12.8 Å². The lowest BCUT2D eigenvalue weighted by Gasteiger charge is -2.22. The fourth-order valence-corrected chi connectivity index (χ4v) is 1.53.